The number of amides is 1. The molecule has 1 saturated heterocycles. The highest BCUT2D eigenvalue weighted by Gasteiger charge is 2.25. The molecule has 0 radical (unpaired) electrons. The highest BCUT2D eigenvalue weighted by molar-refractivity contribution is 5.94. The maximum atomic E-state index is 13.4. The summed E-state index contributed by atoms with van der Waals surface area (Å²) in [6.07, 6.45) is 0. The third kappa shape index (κ3) is 2.55. The molecule has 17 heavy (non-hydrogen) atoms. The molecule has 1 aromatic carbocycles. The van der Waals surface area contributed by atoms with E-state index in [-0.39, 0.29) is 17.4 Å². The molecule has 1 amide bonds. The average molecular weight is 238 g/mol. The minimum atomic E-state index is -0.707. The first-order valence-electron chi connectivity index (χ1n) is 5.58. The zero-order chi connectivity index (χ0) is 12.4. The fraction of sp³-hybridized carbons (Fsp3) is 0.417. The molecule has 92 valence electrons. The molecule has 0 bridgehead atoms. The Balaban J connectivity index is 2.09. The standard InChI is InChI=1S/C12H15FN2O2/c1-7-5-14-6-11(7)15-12(17)9-3-2-8(16)4-10(9)13/h2-4,7,11,14,16H,5-6H2,1H3,(H,15,17). The van der Waals surface area contributed by atoms with Crippen molar-refractivity contribution in [2.24, 2.45) is 5.92 Å². The van der Waals surface area contributed by atoms with E-state index in [1.165, 1.54) is 12.1 Å². The summed E-state index contributed by atoms with van der Waals surface area (Å²) < 4.78 is 13.4. The van der Waals surface area contributed by atoms with Crippen molar-refractivity contribution in [1.82, 2.24) is 10.6 Å². The van der Waals surface area contributed by atoms with E-state index in [2.05, 4.69) is 10.6 Å². The number of phenols is 1. The van der Waals surface area contributed by atoms with E-state index in [0.29, 0.717) is 12.5 Å². The second-order valence-electron chi connectivity index (χ2n) is 4.38. The minimum Gasteiger partial charge on any atom is -0.508 e. The van der Waals surface area contributed by atoms with Crippen molar-refractivity contribution in [2.45, 2.75) is 13.0 Å². The lowest BCUT2D eigenvalue weighted by molar-refractivity contribution is 0.0929. The van der Waals surface area contributed by atoms with Crippen LogP contribution in [0, 0.1) is 11.7 Å². The van der Waals surface area contributed by atoms with Crippen molar-refractivity contribution in [2.75, 3.05) is 13.1 Å². The number of carbonyl (C=O) groups is 1. The molecule has 0 spiro atoms. The third-order valence-corrected chi connectivity index (χ3v) is 3.03. The number of hydrogen-bond donors (Lipinski definition) is 3. The van der Waals surface area contributed by atoms with Crippen LogP contribution in [0.1, 0.15) is 17.3 Å². The van der Waals surface area contributed by atoms with Gasteiger partial charge in [-0.3, -0.25) is 4.79 Å². The summed E-state index contributed by atoms with van der Waals surface area (Å²) >= 11 is 0. The molecule has 1 aliphatic rings. The van der Waals surface area contributed by atoms with E-state index >= 15 is 0 Å². The number of phenolic OH excluding ortho intramolecular Hbond substituents is 1. The van der Waals surface area contributed by atoms with Crippen molar-refractivity contribution in [3.05, 3.63) is 29.6 Å². The summed E-state index contributed by atoms with van der Waals surface area (Å²) in [4.78, 5) is 11.8. The second kappa shape index (κ2) is 4.71. The van der Waals surface area contributed by atoms with Gasteiger partial charge in [0.15, 0.2) is 0 Å². The average Bonchev–Trinajstić information content (AvgIpc) is 2.64. The predicted molar refractivity (Wildman–Crippen MR) is 61.4 cm³/mol. The van der Waals surface area contributed by atoms with Gasteiger partial charge in [-0.2, -0.15) is 0 Å². The SMILES string of the molecule is CC1CNCC1NC(=O)c1ccc(O)cc1F. The van der Waals surface area contributed by atoms with Crippen LogP contribution < -0.4 is 10.6 Å². The van der Waals surface area contributed by atoms with Gasteiger partial charge < -0.3 is 15.7 Å². The van der Waals surface area contributed by atoms with Gasteiger partial charge in [0.25, 0.3) is 5.91 Å². The van der Waals surface area contributed by atoms with Gasteiger partial charge in [-0.1, -0.05) is 6.92 Å². The fourth-order valence-electron chi connectivity index (χ4n) is 1.94. The van der Waals surface area contributed by atoms with E-state index in [1.54, 1.807) is 0 Å². The third-order valence-electron chi connectivity index (χ3n) is 3.03. The maximum Gasteiger partial charge on any atom is 0.254 e. The van der Waals surface area contributed by atoms with Gasteiger partial charge in [0.2, 0.25) is 0 Å². The summed E-state index contributed by atoms with van der Waals surface area (Å²) in [6.45, 7) is 3.58. The zero-order valence-corrected chi connectivity index (χ0v) is 9.53. The highest BCUT2D eigenvalue weighted by atomic mass is 19.1. The van der Waals surface area contributed by atoms with Gasteiger partial charge in [0.05, 0.1) is 5.56 Å². The quantitative estimate of drug-likeness (QED) is 0.716. The monoisotopic (exact) mass is 238 g/mol. The van der Waals surface area contributed by atoms with E-state index in [1.807, 2.05) is 6.92 Å². The number of carbonyl (C=O) groups excluding carboxylic acids is 1. The van der Waals surface area contributed by atoms with Crippen LogP contribution in [0.25, 0.3) is 0 Å². The predicted octanol–water partition coefficient (Wildman–Crippen LogP) is 0.869. The Kier molecular flexibility index (Phi) is 3.28. The largest absolute Gasteiger partial charge is 0.508 e. The van der Waals surface area contributed by atoms with Crippen LogP contribution in [-0.4, -0.2) is 30.1 Å². The van der Waals surface area contributed by atoms with Crippen LogP contribution in [0.15, 0.2) is 18.2 Å². The van der Waals surface area contributed by atoms with Crippen LogP contribution in [-0.2, 0) is 0 Å². The fourth-order valence-corrected chi connectivity index (χ4v) is 1.94. The zero-order valence-electron chi connectivity index (χ0n) is 9.53. The Bertz CT molecular complexity index is 437. The first-order chi connectivity index (χ1) is 8.08. The number of halogens is 1. The molecule has 1 fully saturated rings. The molecule has 3 N–H and O–H groups in total. The summed E-state index contributed by atoms with van der Waals surface area (Å²) in [7, 11) is 0. The van der Waals surface area contributed by atoms with Crippen molar-refractivity contribution >= 4 is 5.91 Å². The van der Waals surface area contributed by atoms with Crippen LogP contribution >= 0.6 is 0 Å². The lowest BCUT2D eigenvalue weighted by Crippen LogP contribution is -2.39. The smallest absolute Gasteiger partial charge is 0.254 e. The number of hydrogen-bond acceptors (Lipinski definition) is 3. The molecule has 0 aliphatic carbocycles. The molecule has 2 rings (SSSR count). The minimum absolute atomic E-state index is 0.0238. The Morgan fingerprint density at radius 1 is 1.53 bits per heavy atom. The highest BCUT2D eigenvalue weighted by Crippen LogP contribution is 2.16. The van der Waals surface area contributed by atoms with Gasteiger partial charge in [-0.05, 0) is 24.6 Å². The lowest BCUT2D eigenvalue weighted by atomic mass is 10.1. The molecule has 2 atom stereocenters. The Morgan fingerprint density at radius 3 is 2.88 bits per heavy atom. The van der Waals surface area contributed by atoms with Gasteiger partial charge >= 0.3 is 0 Å². The van der Waals surface area contributed by atoms with E-state index < -0.39 is 11.7 Å². The van der Waals surface area contributed by atoms with Crippen molar-refractivity contribution in [1.29, 1.82) is 0 Å². The second-order valence-corrected chi connectivity index (χ2v) is 4.38. The van der Waals surface area contributed by atoms with Gasteiger partial charge in [-0.25, -0.2) is 4.39 Å². The molecule has 0 aromatic heterocycles. The molecule has 4 nitrogen and oxygen atoms in total. The Labute approximate surface area is 98.8 Å². The molecule has 5 heteroatoms. The normalized spacial score (nSPS) is 23.6. The number of nitrogens with one attached hydrogen (secondary N) is 2. The van der Waals surface area contributed by atoms with Gasteiger partial charge in [0, 0.05) is 18.7 Å². The molecule has 1 aromatic rings. The summed E-state index contributed by atoms with van der Waals surface area (Å²) in [6, 6.07) is 3.54. The topological polar surface area (TPSA) is 61.4 Å². The van der Waals surface area contributed by atoms with Crippen LogP contribution in [0.5, 0.6) is 5.75 Å². The van der Waals surface area contributed by atoms with Crippen LogP contribution in [0.2, 0.25) is 0 Å². The van der Waals surface area contributed by atoms with E-state index in [4.69, 9.17) is 5.11 Å². The number of rotatable bonds is 2. The Morgan fingerprint density at radius 2 is 2.29 bits per heavy atom. The van der Waals surface area contributed by atoms with E-state index in [9.17, 15) is 9.18 Å². The van der Waals surface area contributed by atoms with Crippen molar-refractivity contribution in [3.8, 4) is 5.75 Å². The van der Waals surface area contributed by atoms with Crippen LogP contribution in [0.4, 0.5) is 4.39 Å². The molecule has 1 aliphatic heterocycles. The molecule has 2 unspecified atom stereocenters. The van der Waals surface area contributed by atoms with Crippen molar-refractivity contribution < 1.29 is 14.3 Å². The lowest BCUT2D eigenvalue weighted by Gasteiger charge is -2.16. The maximum absolute atomic E-state index is 13.4. The molecular formula is C12H15FN2O2. The number of benzene rings is 1. The van der Waals surface area contributed by atoms with Crippen LogP contribution in [0.3, 0.4) is 0 Å². The van der Waals surface area contributed by atoms with Crippen molar-refractivity contribution in [3.63, 3.8) is 0 Å². The number of aromatic hydroxyl groups is 1. The summed E-state index contributed by atoms with van der Waals surface area (Å²) in [5.41, 5.74) is -0.0399. The molecule has 0 saturated carbocycles. The van der Waals surface area contributed by atoms with Gasteiger partial charge in [-0.15, -0.1) is 0 Å². The first kappa shape index (κ1) is 11.9. The van der Waals surface area contributed by atoms with Gasteiger partial charge in [0.1, 0.15) is 11.6 Å². The summed E-state index contributed by atoms with van der Waals surface area (Å²) in [5.74, 6) is -1.00. The van der Waals surface area contributed by atoms with E-state index in [0.717, 1.165) is 12.6 Å². The summed E-state index contributed by atoms with van der Waals surface area (Å²) in [5, 5.41) is 15.0. The first-order valence-corrected chi connectivity index (χ1v) is 5.58. The Hall–Kier alpha value is -1.62. The molecular weight excluding hydrogens is 223 g/mol. The molecule has 1 heterocycles.